The molecule has 1 unspecified atom stereocenters. The molecule has 2 aliphatic heterocycles. The molecule has 2 aliphatic rings. The second-order valence-electron chi connectivity index (χ2n) is 6.23. The van der Waals surface area contributed by atoms with Gasteiger partial charge in [0.1, 0.15) is 0 Å². The summed E-state index contributed by atoms with van der Waals surface area (Å²) in [4.78, 5) is 4.80. The predicted molar refractivity (Wildman–Crippen MR) is 72.7 cm³/mol. The van der Waals surface area contributed by atoms with Crippen molar-refractivity contribution in [3.63, 3.8) is 0 Å². The lowest BCUT2D eigenvalue weighted by Gasteiger charge is -2.48. The summed E-state index contributed by atoms with van der Waals surface area (Å²) in [6.45, 7) is 12.1. The molecule has 0 aliphatic carbocycles. The minimum Gasteiger partial charge on any atom is -0.387 e. The second kappa shape index (κ2) is 5.87. The molecule has 0 radical (unpaired) electrons. The highest BCUT2D eigenvalue weighted by atomic mass is 16.5. The molecule has 4 nitrogen and oxygen atoms in total. The smallest absolute Gasteiger partial charge is 0.0900 e. The van der Waals surface area contributed by atoms with Gasteiger partial charge in [-0.1, -0.05) is 13.3 Å². The van der Waals surface area contributed by atoms with E-state index in [-0.39, 0.29) is 0 Å². The highest BCUT2D eigenvalue weighted by Crippen LogP contribution is 2.26. The largest absolute Gasteiger partial charge is 0.387 e. The summed E-state index contributed by atoms with van der Waals surface area (Å²) in [5.74, 6) is 0. The number of hydrogen-bond donors (Lipinski definition) is 1. The normalized spacial score (nSPS) is 29.5. The SMILES string of the molecule is CCCC1(O)CN(CC2CN(C(C)C)CCO2)C1. The van der Waals surface area contributed by atoms with E-state index in [9.17, 15) is 5.11 Å². The molecule has 106 valence electrons. The van der Waals surface area contributed by atoms with Crippen molar-refractivity contribution in [1.29, 1.82) is 0 Å². The maximum absolute atomic E-state index is 10.2. The van der Waals surface area contributed by atoms with Crippen molar-refractivity contribution in [3.8, 4) is 0 Å². The van der Waals surface area contributed by atoms with Gasteiger partial charge in [-0.3, -0.25) is 9.80 Å². The summed E-state index contributed by atoms with van der Waals surface area (Å²) in [7, 11) is 0. The fourth-order valence-corrected chi connectivity index (χ4v) is 3.15. The van der Waals surface area contributed by atoms with Gasteiger partial charge in [0.25, 0.3) is 0 Å². The molecule has 0 saturated carbocycles. The molecule has 18 heavy (non-hydrogen) atoms. The number of β-amino-alcohol motifs (C(OH)–C–C–N with tert-alkyl or cyclic N) is 1. The van der Waals surface area contributed by atoms with E-state index in [1.54, 1.807) is 0 Å². The third-order valence-electron chi connectivity index (χ3n) is 4.11. The van der Waals surface area contributed by atoms with Crippen LogP contribution in [0.4, 0.5) is 0 Å². The van der Waals surface area contributed by atoms with Crippen molar-refractivity contribution in [3.05, 3.63) is 0 Å². The van der Waals surface area contributed by atoms with Crippen molar-refractivity contribution >= 4 is 0 Å². The zero-order chi connectivity index (χ0) is 13.2. The average Bonchev–Trinajstić information content (AvgIpc) is 2.27. The Hall–Kier alpha value is -0.160. The van der Waals surface area contributed by atoms with Crippen molar-refractivity contribution in [1.82, 2.24) is 9.80 Å². The molecule has 2 rings (SSSR count). The van der Waals surface area contributed by atoms with E-state index in [1.807, 2.05) is 0 Å². The molecule has 2 saturated heterocycles. The quantitative estimate of drug-likeness (QED) is 0.794. The van der Waals surface area contributed by atoms with Crippen LogP contribution in [-0.2, 0) is 4.74 Å². The van der Waals surface area contributed by atoms with Crippen LogP contribution in [0.25, 0.3) is 0 Å². The number of ether oxygens (including phenoxy) is 1. The Labute approximate surface area is 111 Å². The van der Waals surface area contributed by atoms with Crippen LogP contribution in [0.5, 0.6) is 0 Å². The fourth-order valence-electron chi connectivity index (χ4n) is 3.15. The number of nitrogens with zero attached hydrogens (tertiary/aromatic N) is 2. The van der Waals surface area contributed by atoms with Crippen LogP contribution in [0.15, 0.2) is 0 Å². The standard InChI is InChI=1S/C14H28N2O2/c1-4-5-14(17)10-15(11-14)8-13-9-16(12(2)3)6-7-18-13/h12-13,17H,4-11H2,1-3H3. The molecule has 2 heterocycles. The highest BCUT2D eigenvalue weighted by Gasteiger charge is 2.41. The Bertz CT molecular complexity index is 265. The van der Waals surface area contributed by atoms with E-state index in [0.717, 1.165) is 52.2 Å². The van der Waals surface area contributed by atoms with Gasteiger partial charge in [-0.25, -0.2) is 0 Å². The van der Waals surface area contributed by atoms with Gasteiger partial charge in [0.2, 0.25) is 0 Å². The monoisotopic (exact) mass is 256 g/mol. The minimum atomic E-state index is -0.416. The summed E-state index contributed by atoms with van der Waals surface area (Å²) in [6.07, 6.45) is 2.30. The van der Waals surface area contributed by atoms with Crippen LogP contribution in [0.2, 0.25) is 0 Å². The van der Waals surface area contributed by atoms with Crippen molar-refractivity contribution < 1.29 is 9.84 Å². The summed E-state index contributed by atoms with van der Waals surface area (Å²) in [5, 5.41) is 10.2. The Morgan fingerprint density at radius 1 is 1.39 bits per heavy atom. The third-order valence-corrected chi connectivity index (χ3v) is 4.11. The summed E-state index contributed by atoms with van der Waals surface area (Å²) in [6, 6.07) is 0.602. The number of morpholine rings is 1. The van der Waals surface area contributed by atoms with Crippen LogP contribution < -0.4 is 0 Å². The molecule has 0 bridgehead atoms. The molecule has 0 aromatic carbocycles. The Morgan fingerprint density at radius 3 is 2.72 bits per heavy atom. The molecular weight excluding hydrogens is 228 g/mol. The lowest BCUT2D eigenvalue weighted by atomic mass is 9.89. The van der Waals surface area contributed by atoms with Gasteiger partial charge in [-0.2, -0.15) is 0 Å². The van der Waals surface area contributed by atoms with Gasteiger partial charge < -0.3 is 9.84 Å². The van der Waals surface area contributed by atoms with Crippen molar-refractivity contribution in [2.24, 2.45) is 0 Å². The van der Waals surface area contributed by atoms with Gasteiger partial charge >= 0.3 is 0 Å². The summed E-state index contributed by atoms with van der Waals surface area (Å²) in [5.41, 5.74) is -0.416. The highest BCUT2D eigenvalue weighted by molar-refractivity contribution is 4.96. The van der Waals surface area contributed by atoms with Crippen LogP contribution in [-0.4, -0.2) is 72.0 Å². The van der Waals surface area contributed by atoms with E-state index < -0.39 is 5.60 Å². The minimum absolute atomic E-state index is 0.312. The molecule has 0 aromatic rings. The Morgan fingerprint density at radius 2 is 2.11 bits per heavy atom. The van der Waals surface area contributed by atoms with Gasteiger partial charge in [-0.15, -0.1) is 0 Å². The predicted octanol–water partition coefficient (Wildman–Crippen LogP) is 0.942. The first-order valence-corrected chi connectivity index (χ1v) is 7.33. The molecule has 0 amide bonds. The number of likely N-dealkylation sites (tertiary alicyclic amines) is 1. The van der Waals surface area contributed by atoms with Crippen LogP contribution in [0, 0.1) is 0 Å². The lowest BCUT2D eigenvalue weighted by Crippen LogP contribution is -2.64. The first-order chi connectivity index (χ1) is 8.52. The van der Waals surface area contributed by atoms with E-state index in [4.69, 9.17) is 4.74 Å². The van der Waals surface area contributed by atoms with Gasteiger partial charge in [0.05, 0.1) is 18.3 Å². The zero-order valence-electron chi connectivity index (χ0n) is 12.1. The lowest BCUT2D eigenvalue weighted by molar-refractivity contribution is -0.129. The Kier molecular flexibility index (Phi) is 4.64. The maximum Gasteiger partial charge on any atom is 0.0900 e. The topological polar surface area (TPSA) is 35.9 Å². The first-order valence-electron chi connectivity index (χ1n) is 7.33. The third kappa shape index (κ3) is 3.44. The molecule has 1 N–H and O–H groups in total. The van der Waals surface area contributed by atoms with E-state index >= 15 is 0 Å². The summed E-state index contributed by atoms with van der Waals surface area (Å²) >= 11 is 0. The zero-order valence-corrected chi connectivity index (χ0v) is 12.1. The maximum atomic E-state index is 10.2. The van der Waals surface area contributed by atoms with Gasteiger partial charge in [0, 0.05) is 38.8 Å². The summed E-state index contributed by atoms with van der Waals surface area (Å²) < 4.78 is 5.83. The van der Waals surface area contributed by atoms with Gasteiger partial charge in [0.15, 0.2) is 0 Å². The number of aliphatic hydroxyl groups is 1. The first kappa shape index (κ1) is 14.3. The molecule has 4 heteroatoms. The van der Waals surface area contributed by atoms with E-state index in [0.29, 0.717) is 12.1 Å². The van der Waals surface area contributed by atoms with Crippen LogP contribution in [0.3, 0.4) is 0 Å². The van der Waals surface area contributed by atoms with E-state index in [1.165, 1.54) is 0 Å². The molecular formula is C14H28N2O2. The van der Waals surface area contributed by atoms with Gasteiger partial charge in [-0.05, 0) is 20.3 Å². The molecule has 1 atom stereocenters. The molecule has 2 fully saturated rings. The Balaban J connectivity index is 1.71. The second-order valence-corrected chi connectivity index (χ2v) is 6.23. The molecule has 0 spiro atoms. The van der Waals surface area contributed by atoms with Crippen molar-refractivity contribution in [2.45, 2.75) is 51.4 Å². The number of rotatable bonds is 5. The fraction of sp³-hybridized carbons (Fsp3) is 1.00. The average molecular weight is 256 g/mol. The van der Waals surface area contributed by atoms with Crippen LogP contribution >= 0.6 is 0 Å². The van der Waals surface area contributed by atoms with Crippen LogP contribution in [0.1, 0.15) is 33.6 Å². The number of hydrogen-bond acceptors (Lipinski definition) is 4. The van der Waals surface area contributed by atoms with Crippen molar-refractivity contribution in [2.75, 3.05) is 39.3 Å². The molecule has 0 aromatic heterocycles. The van der Waals surface area contributed by atoms with E-state index in [2.05, 4.69) is 30.6 Å².